The summed E-state index contributed by atoms with van der Waals surface area (Å²) >= 11 is 6.00. The van der Waals surface area contributed by atoms with E-state index in [0.717, 1.165) is 91.6 Å². The van der Waals surface area contributed by atoms with Crippen molar-refractivity contribution in [2.45, 2.75) is 19.4 Å². The molecule has 1 fully saturated rings. The first kappa shape index (κ1) is 25.5. The van der Waals surface area contributed by atoms with Crippen LogP contribution < -0.4 is 4.74 Å². The Morgan fingerprint density at radius 1 is 0.757 bits per heavy atom. The van der Waals surface area contributed by atoms with Crippen LogP contribution in [0.15, 0.2) is 84.9 Å². The van der Waals surface area contributed by atoms with E-state index in [9.17, 15) is 0 Å². The van der Waals surface area contributed by atoms with E-state index in [2.05, 4.69) is 64.4 Å². The number of ether oxygens (including phenoxy) is 1. The second-order valence-corrected chi connectivity index (χ2v) is 10.1. The Bertz CT molecular complexity index is 1300. The van der Waals surface area contributed by atoms with Gasteiger partial charge in [-0.15, -0.1) is 0 Å². The lowest BCUT2D eigenvalue weighted by molar-refractivity contribution is 0.124. The number of benzene rings is 3. The van der Waals surface area contributed by atoms with Crippen LogP contribution in [-0.4, -0.2) is 54.1 Å². The van der Waals surface area contributed by atoms with Crippen LogP contribution in [0.25, 0.3) is 23.1 Å². The van der Waals surface area contributed by atoms with Gasteiger partial charge in [0.1, 0.15) is 5.75 Å². The Kier molecular flexibility index (Phi) is 8.86. The van der Waals surface area contributed by atoms with Gasteiger partial charge in [-0.2, -0.15) is 0 Å². The van der Waals surface area contributed by atoms with Gasteiger partial charge in [0.25, 0.3) is 0 Å². The number of para-hydroxylation sites is 1. The van der Waals surface area contributed by atoms with E-state index in [-0.39, 0.29) is 0 Å². The van der Waals surface area contributed by atoms with Crippen molar-refractivity contribution in [3.8, 4) is 5.75 Å². The third-order valence-corrected chi connectivity index (χ3v) is 7.12. The number of rotatable bonds is 10. The zero-order chi connectivity index (χ0) is 25.3. The summed E-state index contributed by atoms with van der Waals surface area (Å²) in [4.78, 5) is 9.80. The monoisotopic (exact) mass is 511 g/mol. The average molecular weight is 512 g/mol. The molecule has 1 aromatic heterocycles. The van der Waals surface area contributed by atoms with Crippen molar-refractivity contribution in [1.82, 2.24) is 14.8 Å². The van der Waals surface area contributed by atoms with Gasteiger partial charge in [0.2, 0.25) is 0 Å². The molecule has 1 saturated heterocycles. The average Bonchev–Trinajstić information content (AvgIpc) is 2.94. The number of hydrogen-bond acceptors (Lipinski definition) is 4. The number of unbranched alkanes of at least 4 members (excludes halogenated alkanes) is 1. The van der Waals surface area contributed by atoms with E-state index < -0.39 is 0 Å². The van der Waals surface area contributed by atoms with Crippen LogP contribution in [0.4, 0.5) is 0 Å². The van der Waals surface area contributed by atoms with E-state index in [1.54, 1.807) is 0 Å². The van der Waals surface area contributed by atoms with Crippen LogP contribution in [0.5, 0.6) is 5.75 Å². The lowest BCUT2D eigenvalue weighted by atomic mass is 10.1. The number of piperazine rings is 1. The summed E-state index contributed by atoms with van der Waals surface area (Å²) in [5, 5.41) is 1.96. The predicted molar refractivity (Wildman–Crippen MR) is 155 cm³/mol. The molecule has 0 bridgehead atoms. The van der Waals surface area contributed by atoms with Gasteiger partial charge in [0, 0.05) is 43.1 Å². The van der Waals surface area contributed by atoms with Crippen LogP contribution in [0, 0.1) is 0 Å². The molecule has 1 aliphatic heterocycles. The minimum atomic E-state index is 0.757. The first-order valence-corrected chi connectivity index (χ1v) is 13.5. The summed E-state index contributed by atoms with van der Waals surface area (Å²) in [5.74, 6) is 0.928. The Hall–Kier alpha value is -3.18. The summed E-state index contributed by atoms with van der Waals surface area (Å²) in [6.45, 7) is 7.43. The molecular weight excluding hydrogens is 478 g/mol. The number of pyridine rings is 1. The molecule has 0 amide bonds. The van der Waals surface area contributed by atoms with Gasteiger partial charge in [-0.1, -0.05) is 66.2 Å². The van der Waals surface area contributed by atoms with Crippen molar-refractivity contribution in [1.29, 1.82) is 0 Å². The van der Waals surface area contributed by atoms with Gasteiger partial charge in [-0.05, 0) is 73.0 Å². The maximum atomic E-state index is 6.00. The maximum absolute atomic E-state index is 6.00. The van der Waals surface area contributed by atoms with Gasteiger partial charge in [0.05, 0.1) is 17.8 Å². The van der Waals surface area contributed by atoms with Crippen molar-refractivity contribution in [3.63, 3.8) is 0 Å². The molecule has 4 aromatic rings. The zero-order valence-corrected chi connectivity index (χ0v) is 22.0. The van der Waals surface area contributed by atoms with Gasteiger partial charge in [-0.3, -0.25) is 4.90 Å². The first-order valence-electron chi connectivity index (χ1n) is 13.2. The SMILES string of the molecule is Clc1ccc(CN2CCN(CCCCOc3ccc(/C=C/c4ccc5ccccc5n4)cc3)CC2)cc1. The molecule has 0 unspecified atom stereocenters. The number of hydrogen-bond donors (Lipinski definition) is 0. The Morgan fingerprint density at radius 2 is 1.51 bits per heavy atom. The largest absolute Gasteiger partial charge is 0.494 e. The van der Waals surface area contributed by atoms with Crippen molar-refractivity contribution in [3.05, 3.63) is 107 Å². The summed E-state index contributed by atoms with van der Waals surface area (Å²) < 4.78 is 5.98. The fraction of sp³-hybridized carbons (Fsp3) is 0.281. The van der Waals surface area contributed by atoms with E-state index in [1.165, 1.54) is 5.56 Å². The van der Waals surface area contributed by atoms with Crippen LogP contribution in [0.1, 0.15) is 29.7 Å². The van der Waals surface area contributed by atoms with Crippen molar-refractivity contribution < 1.29 is 4.74 Å². The molecule has 3 aromatic carbocycles. The molecule has 0 N–H and O–H groups in total. The first-order chi connectivity index (χ1) is 18.2. The summed E-state index contributed by atoms with van der Waals surface area (Å²) in [5.41, 5.74) is 4.45. The topological polar surface area (TPSA) is 28.6 Å². The molecule has 0 radical (unpaired) electrons. The smallest absolute Gasteiger partial charge is 0.119 e. The van der Waals surface area contributed by atoms with Crippen LogP contribution in [-0.2, 0) is 6.54 Å². The Labute approximate surface area is 225 Å². The highest BCUT2D eigenvalue weighted by atomic mass is 35.5. The lowest BCUT2D eigenvalue weighted by Crippen LogP contribution is -2.46. The third-order valence-electron chi connectivity index (χ3n) is 6.87. The Balaban J connectivity index is 0.976. The van der Waals surface area contributed by atoms with E-state index >= 15 is 0 Å². The quantitative estimate of drug-likeness (QED) is 0.213. The highest BCUT2D eigenvalue weighted by Crippen LogP contribution is 2.17. The van der Waals surface area contributed by atoms with E-state index in [1.807, 2.05) is 42.5 Å². The molecule has 1 aliphatic rings. The number of fused-ring (bicyclic) bond motifs is 1. The second-order valence-electron chi connectivity index (χ2n) is 9.63. The molecule has 5 heteroatoms. The maximum Gasteiger partial charge on any atom is 0.119 e. The number of nitrogens with zero attached hydrogens (tertiary/aromatic N) is 3. The summed E-state index contributed by atoms with van der Waals surface area (Å²) in [6, 6.07) is 28.8. The molecule has 0 atom stereocenters. The Morgan fingerprint density at radius 3 is 2.32 bits per heavy atom. The molecule has 4 nitrogen and oxygen atoms in total. The molecule has 0 saturated carbocycles. The van der Waals surface area contributed by atoms with Crippen molar-refractivity contribution >= 4 is 34.7 Å². The van der Waals surface area contributed by atoms with Crippen LogP contribution >= 0.6 is 11.6 Å². The zero-order valence-electron chi connectivity index (χ0n) is 21.2. The molecule has 0 aliphatic carbocycles. The molecule has 0 spiro atoms. The molecular formula is C32H34ClN3O. The van der Waals surface area contributed by atoms with E-state index in [0.29, 0.717) is 0 Å². The van der Waals surface area contributed by atoms with Gasteiger partial charge in [-0.25, -0.2) is 4.98 Å². The van der Waals surface area contributed by atoms with Crippen molar-refractivity contribution in [2.24, 2.45) is 0 Å². The third kappa shape index (κ3) is 7.65. The minimum absolute atomic E-state index is 0.757. The van der Waals surface area contributed by atoms with Crippen LogP contribution in [0.2, 0.25) is 5.02 Å². The number of aromatic nitrogens is 1. The highest BCUT2D eigenvalue weighted by molar-refractivity contribution is 6.30. The van der Waals surface area contributed by atoms with E-state index in [4.69, 9.17) is 21.3 Å². The molecule has 2 heterocycles. The lowest BCUT2D eigenvalue weighted by Gasteiger charge is -2.34. The fourth-order valence-corrected chi connectivity index (χ4v) is 4.80. The van der Waals surface area contributed by atoms with Gasteiger partial charge >= 0.3 is 0 Å². The predicted octanol–water partition coefficient (Wildman–Crippen LogP) is 7.04. The molecule has 190 valence electrons. The minimum Gasteiger partial charge on any atom is -0.494 e. The standard InChI is InChI=1S/C32H34ClN3O/c33-29-13-7-27(8-14-29)25-36-22-20-35(21-23-36)19-3-4-24-37-31-17-10-26(11-18-31)9-15-30-16-12-28-5-1-2-6-32(28)34-30/h1-2,5-18H,3-4,19-25H2/b15-9+. The van der Waals surface area contributed by atoms with Crippen molar-refractivity contribution in [2.75, 3.05) is 39.3 Å². The van der Waals surface area contributed by atoms with Crippen LogP contribution in [0.3, 0.4) is 0 Å². The normalized spacial score (nSPS) is 14.9. The summed E-state index contributed by atoms with van der Waals surface area (Å²) in [7, 11) is 0. The fourth-order valence-electron chi connectivity index (χ4n) is 4.68. The molecule has 37 heavy (non-hydrogen) atoms. The molecule has 5 rings (SSSR count). The second kappa shape index (κ2) is 12.9. The summed E-state index contributed by atoms with van der Waals surface area (Å²) in [6.07, 6.45) is 6.38. The highest BCUT2D eigenvalue weighted by Gasteiger charge is 2.16. The van der Waals surface area contributed by atoms with Gasteiger partial charge < -0.3 is 9.64 Å². The number of halogens is 1. The van der Waals surface area contributed by atoms with Gasteiger partial charge in [0.15, 0.2) is 0 Å².